The fraction of sp³-hybridized carbons (Fsp3) is 0.198. The summed E-state index contributed by atoms with van der Waals surface area (Å²) in [7, 11) is 0. The highest BCUT2D eigenvalue weighted by molar-refractivity contribution is 5.76. The highest BCUT2D eigenvalue weighted by atomic mass is 16.5. The number of hydrogen-bond donors (Lipinski definition) is 6. The lowest BCUT2D eigenvalue weighted by Crippen LogP contribution is -2.07. The lowest BCUT2D eigenvalue weighted by Gasteiger charge is -2.22. The third-order valence-electron chi connectivity index (χ3n) is 24.2. The number of aliphatic hydroxyl groups is 6. The van der Waals surface area contributed by atoms with Crippen LogP contribution < -0.4 is 23.7 Å². The molecule has 0 saturated carbocycles. The minimum atomic E-state index is 0.0340. The van der Waals surface area contributed by atoms with E-state index in [1.165, 1.54) is 83.5 Å². The van der Waals surface area contributed by atoms with E-state index in [9.17, 15) is 25.5 Å². The number of fused-ring (bicyclic) bond motifs is 3. The minimum Gasteiger partial charge on any atom is -0.489 e. The Morgan fingerprint density at radius 3 is 0.993 bits per heavy atom. The van der Waals surface area contributed by atoms with Gasteiger partial charge in [0.15, 0.2) is 0 Å². The van der Waals surface area contributed by atoms with E-state index in [0.717, 1.165) is 156 Å². The van der Waals surface area contributed by atoms with E-state index >= 15 is 0 Å². The Labute approximate surface area is 820 Å². The quantitative estimate of drug-likeness (QED) is 0.0228. The van der Waals surface area contributed by atoms with Crippen molar-refractivity contribution in [2.24, 2.45) is 0 Å². The summed E-state index contributed by atoms with van der Waals surface area (Å²) in [5, 5.41) is 55.3. The minimum absolute atomic E-state index is 0.0340. The van der Waals surface area contributed by atoms with Gasteiger partial charge in [0, 0.05) is 17.3 Å². The first kappa shape index (κ1) is 102. The number of hydrogen-bond acceptors (Lipinski definition) is 13. The van der Waals surface area contributed by atoms with Gasteiger partial charge in [-0.25, -0.2) is 0 Å². The number of aromatic nitrogens is 1. The summed E-state index contributed by atoms with van der Waals surface area (Å²) in [6.45, 7) is 16.9. The normalized spacial score (nSPS) is 10.9. The average Bonchev–Trinajstić information content (AvgIpc) is 0.779. The van der Waals surface area contributed by atoms with Gasteiger partial charge in [-0.3, -0.25) is 4.98 Å². The van der Waals surface area contributed by atoms with Crippen LogP contribution in [0.15, 0.2) is 394 Å². The number of aryl methyl sites for hydroxylation is 6. The van der Waals surface area contributed by atoms with Gasteiger partial charge >= 0.3 is 0 Å². The van der Waals surface area contributed by atoms with Crippen molar-refractivity contribution in [3.05, 3.63) is 500 Å². The third kappa shape index (κ3) is 31.2. The maximum Gasteiger partial charge on any atom is 0.127 e. The summed E-state index contributed by atoms with van der Waals surface area (Å²) in [5.41, 5.74) is 34.9. The van der Waals surface area contributed by atoms with Gasteiger partial charge < -0.3 is 59.1 Å². The molecular weight excluding hydrogens is 1720 g/mol. The summed E-state index contributed by atoms with van der Waals surface area (Å²) < 4.78 is 35.4. The lowest BCUT2D eigenvalue weighted by atomic mass is 9.94. The van der Waals surface area contributed by atoms with Crippen LogP contribution in [0.5, 0.6) is 28.7 Å². The number of pyridine rings is 1. The van der Waals surface area contributed by atoms with Crippen LogP contribution in [0.4, 0.5) is 0 Å². The summed E-state index contributed by atoms with van der Waals surface area (Å²) in [5.74, 6) is 4.32. The van der Waals surface area contributed by atoms with Gasteiger partial charge in [-0.2, -0.15) is 0 Å². The van der Waals surface area contributed by atoms with E-state index in [2.05, 4.69) is 229 Å². The largest absolute Gasteiger partial charge is 0.489 e. The molecule has 0 bridgehead atoms. The molecule has 139 heavy (non-hydrogen) atoms. The maximum atomic E-state index is 9.37. The van der Waals surface area contributed by atoms with Gasteiger partial charge in [0.1, 0.15) is 61.8 Å². The van der Waals surface area contributed by atoms with Gasteiger partial charge in [-0.05, 0) is 267 Å². The second kappa shape index (κ2) is 54.4. The van der Waals surface area contributed by atoms with Gasteiger partial charge in [0.2, 0.25) is 0 Å². The van der Waals surface area contributed by atoms with Crippen LogP contribution in [0.2, 0.25) is 0 Å². The van der Waals surface area contributed by atoms with Crippen LogP contribution in [-0.4, -0.2) is 35.6 Å². The van der Waals surface area contributed by atoms with Crippen LogP contribution in [0.3, 0.4) is 0 Å². The van der Waals surface area contributed by atoms with Crippen LogP contribution >= 0.6 is 0 Å². The second-order valence-corrected chi connectivity index (χ2v) is 34.0. The third-order valence-corrected chi connectivity index (χ3v) is 24.2. The standard InChI is InChI=1S/C24H24O3.3C22H22O2.C21H21NO2.C15H16O/c1-2-17-6-9-23-22-8-7-20(11-21(22)16-27-24(23)12-17)15-26-14-19-5-3-4-18(10-19)13-25;1-2-17-6-4-9-20(13-17)21-10-5-11-22(14-21)24-16-19-8-3-7-18(12-19)15-23;1-2-17-6-5-9-19(14-17)18-10-12-22(13-11-18)24-16-21-8-4-3-7-20(21)15-23;1-2-17-6-8-20(9-7-17)21-10-12-22(13-11-21)24-16-19-5-3-4-18(14-19)15-23;1-2-16-9-10-21(22-13-16)19-7-4-8-20(12-19)24-15-18-6-3-5-17(11-18)14-23;1-2-12-6-8-14(9-7-12)15-5-3-4-13(10-15)11-16/h3-12,25H,2,13-16H2,1H3;3*3-14,23H,2,15-16H2,1H3;3-13,23H,2,14-15H2,1H3;3-10,16H,2,11H2,1H3. The smallest absolute Gasteiger partial charge is 0.127 e. The zero-order valence-corrected chi connectivity index (χ0v) is 80.5. The lowest BCUT2D eigenvalue weighted by molar-refractivity contribution is 0.107. The number of benzene rings is 16. The first-order chi connectivity index (χ1) is 68.2. The number of rotatable bonds is 33. The molecular formula is C126H127NO12. The van der Waals surface area contributed by atoms with Crippen LogP contribution in [0, 0.1) is 0 Å². The molecule has 1 aromatic heterocycles. The molecule has 1 aliphatic heterocycles. The zero-order chi connectivity index (χ0) is 97.1. The van der Waals surface area contributed by atoms with Crippen molar-refractivity contribution in [1.29, 1.82) is 0 Å². The molecule has 18 rings (SSSR count). The van der Waals surface area contributed by atoms with Crippen molar-refractivity contribution in [1.82, 2.24) is 4.98 Å². The van der Waals surface area contributed by atoms with Gasteiger partial charge in [-0.15, -0.1) is 0 Å². The first-order valence-corrected chi connectivity index (χ1v) is 48.1. The fourth-order valence-corrected chi connectivity index (χ4v) is 15.9. The van der Waals surface area contributed by atoms with Crippen molar-refractivity contribution in [2.75, 3.05) is 0 Å². The molecule has 13 nitrogen and oxygen atoms in total. The summed E-state index contributed by atoms with van der Waals surface area (Å²) in [6, 6.07) is 131. The highest BCUT2D eigenvalue weighted by Crippen LogP contribution is 2.40. The topological polar surface area (TPSA) is 190 Å². The predicted molar refractivity (Wildman–Crippen MR) is 563 cm³/mol. The monoisotopic (exact) mass is 1850 g/mol. The summed E-state index contributed by atoms with van der Waals surface area (Å²) >= 11 is 0. The maximum absolute atomic E-state index is 9.37. The van der Waals surface area contributed by atoms with Crippen LogP contribution in [-0.2, 0) is 129 Å². The molecule has 2 heterocycles. The van der Waals surface area contributed by atoms with Gasteiger partial charge in [0.25, 0.3) is 0 Å². The Balaban J connectivity index is 0.000000141. The van der Waals surface area contributed by atoms with E-state index in [-0.39, 0.29) is 39.6 Å². The molecule has 17 aromatic rings. The highest BCUT2D eigenvalue weighted by Gasteiger charge is 2.19. The number of nitrogens with zero attached hydrogens (tertiary/aromatic N) is 1. The van der Waals surface area contributed by atoms with E-state index in [4.69, 9.17) is 33.5 Å². The van der Waals surface area contributed by atoms with Crippen molar-refractivity contribution in [2.45, 2.75) is 166 Å². The number of aliphatic hydroxyl groups excluding tert-OH is 6. The molecule has 0 unspecified atom stereocenters. The molecule has 6 N–H and O–H groups in total. The van der Waals surface area contributed by atoms with Crippen LogP contribution in [0.25, 0.3) is 66.9 Å². The van der Waals surface area contributed by atoms with E-state index in [0.29, 0.717) is 46.2 Å². The van der Waals surface area contributed by atoms with E-state index in [1.54, 1.807) is 0 Å². The molecule has 1 aliphatic rings. The molecule has 16 aromatic carbocycles. The van der Waals surface area contributed by atoms with E-state index < -0.39 is 0 Å². The van der Waals surface area contributed by atoms with Crippen molar-refractivity contribution < 1.29 is 59.1 Å². The molecule has 0 saturated heterocycles. The second-order valence-electron chi connectivity index (χ2n) is 34.0. The Bertz CT molecular complexity index is 6630. The molecule has 0 spiro atoms. The summed E-state index contributed by atoms with van der Waals surface area (Å²) in [6.07, 6.45) is 8.12. The Hall–Kier alpha value is -14.6. The van der Waals surface area contributed by atoms with Gasteiger partial charge in [-0.1, -0.05) is 357 Å². The zero-order valence-electron chi connectivity index (χ0n) is 80.5. The average molecular weight is 1850 g/mol. The molecule has 708 valence electrons. The molecule has 13 heteroatoms. The van der Waals surface area contributed by atoms with Crippen molar-refractivity contribution >= 4 is 0 Å². The molecule has 0 atom stereocenters. The van der Waals surface area contributed by atoms with Crippen molar-refractivity contribution in [3.8, 4) is 95.6 Å². The van der Waals surface area contributed by atoms with Gasteiger partial charge in [0.05, 0.1) is 58.5 Å². The Kier molecular flexibility index (Phi) is 39.8. The Morgan fingerprint density at radius 1 is 0.223 bits per heavy atom. The molecule has 0 radical (unpaired) electrons. The number of ether oxygens (including phenoxy) is 6. The Morgan fingerprint density at radius 2 is 0.547 bits per heavy atom. The van der Waals surface area contributed by atoms with Crippen LogP contribution in [0.1, 0.15) is 147 Å². The summed E-state index contributed by atoms with van der Waals surface area (Å²) in [4.78, 5) is 4.52. The fourth-order valence-electron chi connectivity index (χ4n) is 15.9. The first-order valence-electron chi connectivity index (χ1n) is 48.1. The SMILES string of the molecule is CCc1ccc(-c2ccc(OCc3cccc(CO)c3)cc2)cc1.CCc1ccc(-c2cccc(CO)c2)cc1.CCc1ccc(-c2cccc(OCc3cccc(CO)c3)c2)nc1.CCc1ccc2c(c1)OCc1cc(COCc3cccc(CO)c3)ccc1-2.CCc1cccc(-c2ccc(OCc3ccccc3CO)cc2)c1.CCc1cccc(-c2cccc(OCc3cccc(CO)c3)c2)c1. The predicted octanol–water partition coefficient (Wildman–Crippen LogP) is 27.8. The molecule has 0 amide bonds. The molecule has 0 fully saturated rings. The molecule has 0 aliphatic carbocycles. The van der Waals surface area contributed by atoms with E-state index in [1.807, 2.05) is 212 Å². The van der Waals surface area contributed by atoms with Crippen molar-refractivity contribution in [3.63, 3.8) is 0 Å².